The van der Waals surface area contributed by atoms with Gasteiger partial charge >= 0.3 is 0 Å². The van der Waals surface area contributed by atoms with Crippen LogP contribution in [-0.4, -0.2) is 24.6 Å². The molecule has 0 aliphatic carbocycles. The highest BCUT2D eigenvalue weighted by atomic mass is 16.5. The van der Waals surface area contributed by atoms with E-state index < -0.39 is 6.50 Å². The number of hydrogen-bond acceptors (Lipinski definition) is 3. The van der Waals surface area contributed by atoms with Crippen LogP contribution in [0.1, 0.15) is 15.9 Å². The number of ether oxygens (including phenoxy) is 1. The van der Waals surface area contributed by atoms with Gasteiger partial charge in [-0.2, -0.15) is 0 Å². The minimum absolute atomic E-state index is 0.0158. The number of pyridine rings is 1. The molecule has 0 bridgehead atoms. The number of nitrogens with zero attached hydrogens (tertiary/aromatic N) is 1. The second-order valence-electron chi connectivity index (χ2n) is 2.54. The third-order valence-electron chi connectivity index (χ3n) is 1.74. The minimum Gasteiger partial charge on any atom is -0.369 e. The van der Waals surface area contributed by atoms with Crippen molar-refractivity contribution >= 4 is 0 Å². The molecule has 12 heavy (non-hydrogen) atoms. The zero-order valence-corrected chi connectivity index (χ0v) is 6.58. The van der Waals surface area contributed by atoms with Crippen molar-refractivity contribution in [1.82, 2.24) is 10.3 Å². The van der Waals surface area contributed by atoms with Crippen LogP contribution >= 0.6 is 0 Å². The summed E-state index contributed by atoms with van der Waals surface area (Å²) in [5.41, 5.74) is 0.731. The van der Waals surface area contributed by atoms with E-state index in [1.807, 2.05) is 0 Å². The van der Waals surface area contributed by atoms with E-state index in [9.17, 15) is 0 Å². The van der Waals surface area contributed by atoms with Crippen LogP contribution in [0.15, 0.2) is 24.4 Å². The Balaban J connectivity index is 2.04. The van der Waals surface area contributed by atoms with Crippen LogP contribution in [0.2, 0.25) is 0 Å². The van der Waals surface area contributed by atoms with Gasteiger partial charge in [-0.1, -0.05) is 6.07 Å². The number of morpholine rings is 1. The molecular formula is C9H12N2O. The molecule has 64 valence electrons. The molecule has 2 rings (SSSR count). The van der Waals surface area contributed by atoms with Crippen LogP contribution in [0, 0.1) is 0 Å². The van der Waals surface area contributed by atoms with Gasteiger partial charge in [-0.25, -0.2) is 0 Å². The zero-order valence-electron chi connectivity index (χ0n) is 9.58. The molecular weight excluding hydrogens is 152 g/mol. The second-order valence-corrected chi connectivity index (χ2v) is 2.54. The first kappa shape index (κ1) is 4.94. The Labute approximate surface area is 76.0 Å². The lowest BCUT2D eigenvalue weighted by molar-refractivity contribution is 0.0250. The molecule has 2 heterocycles. The largest absolute Gasteiger partial charge is 0.369 e. The summed E-state index contributed by atoms with van der Waals surface area (Å²) in [5.74, 6) is 0. The number of aromatic nitrogens is 1. The third kappa shape index (κ3) is 1.62. The molecule has 3 heteroatoms. The summed E-state index contributed by atoms with van der Waals surface area (Å²) in [6.45, 7) is -1.04. The molecule has 1 aliphatic rings. The topological polar surface area (TPSA) is 34.1 Å². The molecule has 1 saturated heterocycles. The van der Waals surface area contributed by atoms with E-state index in [4.69, 9.17) is 8.85 Å². The van der Waals surface area contributed by atoms with Gasteiger partial charge in [-0.3, -0.25) is 4.98 Å². The molecule has 3 nitrogen and oxygen atoms in total. The second kappa shape index (κ2) is 3.65. The fourth-order valence-electron chi connectivity index (χ4n) is 1.13. The Morgan fingerprint density at radius 2 is 2.83 bits per heavy atom. The molecule has 1 aromatic heterocycles. The van der Waals surface area contributed by atoms with E-state index in [0.717, 1.165) is 5.69 Å². The van der Waals surface area contributed by atoms with Gasteiger partial charge in [0.25, 0.3) is 0 Å². The maximum Gasteiger partial charge on any atom is 0.112 e. The monoisotopic (exact) mass is 167 g/mol. The Morgan fingerprint density at radius 3 is 3.50 bits per heavy atom. The lowest BCUT2D eigenvalue weighted by Gasteiger charge is -2.22. The van der Waals surface area contributed by atoms with Crippen molar-refractivity contribution < 1.29 is 8.85 Å². The molecule has 1 atom stereocenters. The SMILES string of the molecule is [2H]c1ccc([C@H]2CNC([2H])([2H])CO2)nc1. The highest BCUT2D eigenvalue weighted by Crippen LogP contribution is 2.14. The summed E-state index contributed by atoms with van der Waals surface area (Å²) in [6.07, 6.45) is 1.23. The van der Waals surface area contributed by atoms with Crippen LogP contribution in [0.5, 0.6) is 0 Å². The summed E-state index contributed by atoms with van der Waals surface area (Å²) in [5, 5.41) is 2.74. The molecule has 1 aliphatic heterocycles. The van der Waals surface area contributed by atoms with Crippen LogP contribution in [-0.2, 0) is 4.74 Å². The van der Waals surface area contributed by atoms with Crippen molar-refractivity contribution in [1.29, 1.82) is 0 Å². The van der Waals surface area contributed by atoms with Gasteiger partial charge in [0.15, 0.2) is 0 Å². The van der Waals surface area contributed by atoms with E-state index in [-0.39, 0.29) is 12.7 Å². The van der Waals surface area contributed by atoms with Crippen molar-refractivity contribution in [3.8, 4) is 0 Å². The van der Waals surface area contributed by atoms with Crippen molar-refractivity contribution in [2.75, 3.05) is 19.6 Å². The summed E-state index contributed by atoms with van der Waals surface area (Å²) in [4.78, 5) is 4.07. The quantitative estimate of drug-likeness (QED) is 0.670. The maximum atomic E-state index is 7.39. The summed E-state index contributed by atoms with van der Waals surface area (Å²) in [7, 11) is 0. The zero-order chi connectivity index (χ0) is 10.9. The molecule has 0 radical (unpaired) electrons. The number of rotatable bonds is 1. The lowest BCUT2D eigenvalue weighted by Crippen LogP contribution is -2.33. The summed E-state index contributed by atoms with van der Waals surface area (Å²) >= 11 is 0. The smallest absolute Gasteiger partial charge is 0.112 e. The Bertz CT molecular complexity index is 332. The Kier molecular flexibility index (Phi) is 1.50. The predicted octanol–water partition coefficient (Wildman–Crippen LogP) is 0.742. The van der Waals surface area contributed by atoms with Crippen LogP contribution in [0.25, 0.3) is 0 Å². The summed E-state index contributed by atoms with van der Waals surface area (Å²) < 4.78 is 27.4. The highest BCUT2D eigenvalue weighted by molar-refractivity contribution is 5.07. The van der Waals surface area contributed by atoms with Gasteiger partial charge in [0, 0.05) is 22.0 Å². The van der Waals surface area contributed by atoms with Crippen LogP contribution < -0.4 is 5.32 Å². The Morgan fingerprint density at radius 1 is 1.83 bits per heavy atom. The van der Waals surface area contributed by atoms with E-state index in [1.54, 1.807) is 12.1 Å². The van der Waals surface area contributed by atoms with Gasteiger partial charge < -0.3 is 10.1 Å². The first-order valence-corrected chi connectivity index (χ1v) is 3.86. The number of nitrogens with one attached hydrogen (secondary N) is 1. The average molecular weight is 167 g/mol. The molecule has 1 fully saturated rings. The van der Waals surface area contributed by atoms with Crippen molar-refractivity contribution in [3.05, 3.63) is 30.1 Å². The van der Waals surface area contributed by atoms with Crippen molar-refractivity contribution in [2.24, 2.45) is 0 Å². The maximum absolute atomic E-state index is 7.39. The molecule has 0 aromatic carbocycles. The normalized spacial score (nSPS) is 31.7. The van der Waals surface area contributed by atoms with E-state index in [2.05, 4.69) is 10.3 Å². The Hall–Kier alpha value is -0.930. The standard InChI is InChI=1S/C9H12N2O/c1-2-4-11-8(3-1)9-7-10-5-6-12-9/h1-4,9-10H,5-7H2/t9-/m1/s1/i2D,5D2. The molecule has 1 aromatic rings. The third-order valence-corrected chi connectivity index (χ3v) is 1.74. The first-order chi connectivity index (χ1) is 7.07. The van der Waals surface area contributed by atoms with Crippen LogP contribution in [0.3, 0.4) is 0 Å². The molecule has 0 spiro atoms. The van der Waals surface area contributed by atoms with Gasteiger partial charge in [-0.15, -0.1) is 0 Å². The van der Waals surface area contributed by atoms with Crippen molar-refractivity contribution in [2.45, 2.75) is 6.10 Å². The highest BCUT2D eigenvalue weighted by Gasteiger charge is 2.15. The van der Waals surface area contributed by atoms with Gasteiger partial charge in [0.2, 0.25) is 0 Å². The fraction of sp³-hybridized carbons (Fsp3) is 0.444. The lowest BCUT2D eigenvalue weighted by atomic mass is 10.2. The minimum atomic E-state index is -1.45. The van der Waals surface area contributed by atoms with E-state index in [1.165, 1.54) is 6.20 Å². The molecule has 1 N–H and O–H groups in total. The summed E-state index contributed by atoms with van der Waals surface area (Å²) in [6, 6.07) is 3.74. The van der Waals surface area contributed by atoms with Gasteiger partial charge in [0.05, 0.1) is 13.7 Å². The number of hydrogen-bond donors (Lipinski definition) is 1. The van der Waals surface area contributed by atoms with Crippen molar-refractivity contribution in [3.63, 3.8) is 0 Å². The van der Waals surface area contributed by atoms with E-state index >= 15 is 0 Å². The molecule has 0 unspecified atom stereocenters. The average Bonchev–Trinajstić information content (AvgIpc) is 2.20. The van der Waals surface area contributed by atoms with E-state index in [0.29, 0.717) is 12.6 Å². The molecule has 0 saturated carbocycles. The van der Waals surface area contributed by atoms with Gasteiger partial charge in [0.1, 0.15) is 6.10 Å². The predicted molar refractivity (Wildman–Crippen MR) is 45.8 cm³/mol. The molecule has 0 amide bonds. The van der Waals surface area contributed by atoms with Crippen LogP contribution in [0.4, 0.5) is 0 Å². The fourth-order valence-corrected chi connectivity index (χ4v) is 1.13. The first-order valence-electron chi connectivity index (χ1n) is 5.36. The van der Waals surface area contributed by atoms with Gasteiger partial charge in [-0.05, 0) is 12.1 Å².